The van der Waals surface area contributed by atoms with Crippen LogP contribution in [0.25, 0.3) is 54.2 Å². The maximum Gasteiger partial charge on any atom is 0.101 e. The van der Waals surface area contributed by atoms with Crippen LogP contribution >= 0.6 is 0 Å². The predicted molar refractivity (Wildman–Crippen MR) is 269 cm³/mol. The van der Waals surface area contributed by atoms with Gasteiger partial charge in [-0.15, -0.1) is 0 Å². The van der Waals surface area contributed by atoms with Crippen molar-refractivity contribution in [2.75, 3.05) is 9.80 Å². The minimum atomic E-state index is 0.322. The Morgan fingerprint density at radius 2 is 0.641 bits per heavy atom. The number of anilines is 6. The van der Waals surface area contributed by atoms with E-state index in [1.54, 1.807) is 0 Å². The van der Waals surface area contributed by atoms with Gasteiger partial charge in [-0.3, -0.25) is 0 Å². The van der Waals surface area contributed by atoms with E-state index >= 15 is 0 Å². The van der Waals surface area contributed by atoms with E-state index in [4.69, 9.17) is 0 Å². The molecule has 0 amide bonds. The third-order valence-corrected chi connectivity index (χ3v) is 12.2. The minimum Gasteiger partial charge on any atom is -0.310 e. The largest absolute Gasteiger partial charge is 0.310 e. The van der Waals surface area contributed by atoms with Crippen molar-refractivity contribution >= 4 is 88.4 Å². The van der Waals surface area contributed by atoms with Crippen LogP contribution in [0, 0.1) is 50.4 Å². The first kappa shape index (κ1) is 39.7. The fraction of sp³-hybridized carbons (Fsp3) is 0.0667. The normalized spacial score (nSPS) is 11.7. The molecule has 0 aliphatic heterocycles. The van der Waals surface area contributed by atoms with Gasteiger partial charge in [-0.1, -0.05) is 133 Å². The molecule has 0 aromatic heterocycles. The highest BCUT2D eigenvalue weighted by molar-refractivity contribution is 6.16. The molecule has 0 heterocycles. The molecule has 0 saturated carbocycles. The van der Waals surface area contributed by atoms with Crippen LogP contribution < -0.4 is 9.80 Å². The van der Waals surface area contributed by atoms with E-state index in [9.17, 15) is 10.5 Å². The van der Waals surface area contributed by atoms with Crippen molar-refractivity contribution in [3.8, 4) is 12.1 Å². The lowest BCUT2D eigenvalue weighted by Crippen LogP contribution is -2.11. The van der Waals surface area contributed by atoms with Crippen molar-refractivity contribution in [2.24, 2.45) is 0 Å². The lowest BCUT2D eigenvalue weighted by atomic mass is 9.95. The lowest BCUT2D eigenvalue weighted by molar-refractivity contribution is 1.26. The zero-order valence-corrected chi connectivity index (χ0v) is 36.3. The van der Waals surface area contributed by atoms with Crippen LogP contribution in [-0.4, -0.2) is 0 Å². The summed E-state index contributed by atoms with van der Waals surface area (Å²) in [5, 5.41) is 30.9. The molecule has 64 heavy (non-hydrogen) atoms. The number of rotatable bonds is 8. The van der Waals surface area contributed by atoms with Crippen molar-refractivity contribution < 1.29 is 0 Å². The SMILES string of the molecule is Cc1cc(C)cc(N(c2ccc(/C(C#N)=C(\C#N)c3ccc(N(c4cc(C)cc(C)c4)c4cc5ccccc5c5ccccc45)cc3)cc2)c2cc3ccccc3c3ccccc23)c1. The first-order chi connectivity index (χ1) is 31.3. The van der Waals surface area contributed by atoms with E-state index in [1.807, 2.05) is 24.3 Å². The highest BCUT2D eigenvalue weighted by Crippen LogP contribution is 2.45. The van der Waals surface area contributed by atoms with Gasteiger partial charge < -0.3 is 9.80 Å². The molecule has 0 bridgehead atoms. The van der Waals surface area contributed by atoms with Crippen LogP contribution in [-0.2, 0) is 0 Å². The van der Waals surface area contributed by atoms with Gasteiger partial charge in [0.25, 0.3) is 0 Å². The molecule has 0 unspecified atom stereocenters. The molecule has 10 aromatic carbocycles. The Morgan fingerprint density at radius 1 is 0.328 bits per heavy atom. The number of nitrogens with zero attached hydrogens (tertiary/aromatic N) is 4. The van der Waals surface area contributed by atoms with Crippen LogP contribution in [0.1, 0.15) is 33.4 Å². The lowest BCUT2D eigenvalue weighted by Gasteiger charge is -2.28. The average molecular weight is 821 g/mol. The molecular formula is C60H44N4. The van der Waals surface area contributed by atoms with Gasteiger partial charge in [0.1, 0.15) is 12.1 Å². The van der Waals surface area contributed by atoms with Gasteiger partial charge >= 0.3 is 0 Å². The van der Waals surface area contributed by atoms with E-state index in [2.05, 4.69) is 219 Å². The van der Waals surface area contributed by atoms with Gasteiger partial charge in [-0.05, 0) is 154 Å². The molecule has 10 rings (SSSR count). The van der Waals surface area contributed by atoms with Crippen LogP contribution in [0.2, 0.25) is 0 Å². The van der Waals surface area contributed by atoms with Crippen molar-refractivity contribution in [3.05, 3.63) is 228 Å². The maximum atomic E-state index is 10.8. The molecule has 4 nitrogen and oxygen atoms in total. The predicted octanol–water partition coefficient (Wildman–Crippen LogP) is 16.4. The smallest absolute Gasteiger partial charge is 0.101 e. The fourth-order valence-corrected chi connectivity index (χ4v) is 9.54. The highest BCUT2D eigenvalue weighted by Gasteiger charge is 2.21. The fourth-order valence-electron chi connectivity index (χ4n) is 9.54. The molecule has 0 atom stereocenters. The standard InChI is InChI=1S/C60H44N4/c1-39-29-40(2)32-49(31-39)63(59-35-45-13-5-7-15-51(45)53-17-9-11-19-55(53)59)47-25-21-43(22-26-47)57(37-61)58(38-62)44-23-27-48(28-24-44)64(50-33-41(3)30-42(4)34-50)60-36-46-14-6-8-16-52(46)54-18-10-12-20-56(54)60/h5-36H,1-4H3/b58-57+. The van der Waals surface area contributed by atoms with Crippen molar-refractivity contribution in [2.45, 2.75) is 27.7 Å². The second-order valence-corrected chi connectivity index (χ2v) is 16.8. The number of fused-ring (bicyclic) bond motifs is 6. The summed E-state index contributed by atoms with van der Waals surface area (Å²) in [5.41, 5.74) is 12.8. The average Bonchev–Trinajstić information content (AvgIpc) is 3.31. The van der Waals surface area contributed by atoms with Gasteiger partial charge in [0.15, 0.2) is 0 Å². The molecule has 0 spiro atoms. The maximum absolute atomic E-state index is 10.8. The Labute approximate surface area is 374 Å². The van der Waals surface area contributed by atoms with Crippen LogP contribution in [0.3, 0.4) is 0 Å². The third-order valence-electron chi connectivity index (χ3n) is 12.2. The first-order valence-electron chi connectivity index (χ1n) is 21.6. The number of hydrogen-bond donors (Lipinski definition) is 0. The van der Waals surface area contributed by atoms with E-state index in [1.165, 1.54) is 43.8 Å². The summed E-state index contributed by atoms with van der Waals surface area (Å²) in [7, 11) is 0. The zero-order chi connectivity index (χ0) is 43.9. The van der Waals surface area contributed by atoms with Crippen LogP contribution in [0.4, 0.5) is 34.1 Å². The minimum absolute atomic E-state index is 0.322. The first-order valence-corrected chi connectivity index (χ1v) is 21.6. The quantitative estimate of drug-likeness (QED) is 0.0870. The van der Waals surface area contributed by atoms with E-state index < -0.39 is 0 Å². The van der Waals surface area contributed by atoms with Crippen molar-refractivity contribution in [3.63, 3.8) is 0 Å². The number of hydrogen-bond acceptors (Lipinski definition) is 4. The van der Waals surface area contributed by atoms with Gasteiger partial charge in [0.05, 0.1) is 22.5 Å². The molecule has 0 radical (unpaired) electrons. The second-order valence-electron chi connectivity index (χ2n) is 16.8. The Balaban J connectivity index is 1.07. The molecule has 0 N–H and O–H groups in total. The third kappa shape index (κ3) is 7.18. The van der Waals surface area contributed by atoms with Gasteiger partial charge in [0.2, 0.25) is 0 Å². The van der Waals surface area contributed by atoms with Crippen molar-refractivity contribution in [1.29, 1.82) is 10.5 Å². The molecule has 4 heteroatoms. The molecular weight excluding hydrogens is 777 g/mol. The van der Waals surface area contributed by atoms with E-state index in [-0.39, 0.29) is 0 Å². The topological polar surface area (TPSA) is 54.1 Å². The monoisotopic (exact) mass is 820 g/mol. The summed E-state index contributed by atoms with van der Waals surface area (Å²) in [5.74, 6) is 0. The summed E-state index contributed by atoms with van der Waals surface area (Å²) >= 11 is 0. The summed E-state index contributed by atoms with van der Waals surface area (Å²) in [6.45, 7) is 8.51. The molecule has 10 aromatic rings. The van der Waals surface area contributed by atoms with Crippen molar-refractivity contribution in [1.82, 2.24) is 0 Å². The molecule has 0 fully saturated rings. The van der Waals surface area contributed by atoms with E-state index in [0.717, 1.165) is 55.7 Å². The number of benzene rings is 10. The Hall–Kier alpha value is -8.44. The van der Waals surface area contributed by atoms with Crippen LogP contribution in [0.15, 0.2) is 194 Å². The Morgan fingerprint density at radius 3 is 0.984 bits per heavy atom. The summed E-state index contributed by atoms with van der Waals surface area (Å²) in [6.07, 6.45) is 0. The molecule has 0 aliphatic rings. The molecule has 304 valence electrons. The number of allylic oxidation sites excluding steroid dienone is 2. The zero-order valence-electron chi connectivity index (χ0n) is 36.3. The Bertz CT molecular complexity index is 3290. The number of nitriles is 2. The molecule has 0 aliphatic carbocycles. The summed E-state index contributed by atoms with van der Waals surface area (Å²) in [6, 6.07) is 72.9. The van der Waals surface area contributed by atoms with Crippen LogP contribution in [0.5, 0.6) is 0 Å². The summed E-state index contributed by atoms with van der Waals surface area (Å²) in [4.78, 5) is 4.61. The van der Waals surface area contributed by atoms with Gasteiger partial charge in [-0.2, -0.15) is 10.5 Å². The number of aryl methyl sites for hydroxylation is 4. The Kier molecular flexibility index (Phi) is 10.2. The van der Waals surface area contributed by atoms with Gasteiger partial charge in [0, 0.05) is 33.5 Å². The van der Waals surface area contributed by atoms with Gasteiger partial charge in [-0.25, -0.2) is 0 Å². The highest BCUT2D eigenvalue weighted by atomic mass is 15.1. The molecule has 0 saturated heterocycles. The van der Waals surface area contributed by atoms with E-state index in [0.29, 0.717) is 22.3 Å². The second kappa shape index (κ2) is 16.4. The summed E-state index contributed by atoms with van der Waals surface area (Å²) < 4.78 is 0.